The van der Waals surface area contributed by atoms with Crippen molar-refractivity contribution >= 4 is 36.0 Å². The first kappa shape index (κ1) is 15.5. The van der Waals surface area contributed by atoms with Crippen LogP contribution in [0.3, 0.4) is 0 Å². The van der Waals surface area contributed by atoms with E-state index >= 15 is 0 Å². The monoisotopic (exact) mass is 267 g/mol. The van der Waals surface area contributed by atoms with Gasteiger partial charge < -0.3 is 16.4 Å². The second-order valence-corrected chi connectivity index (χ2v) is 4.77. The maximum Gasteiger partial charge on any atom is 0.239 e. The molecule has 1 unspecified atom stereocenters. The molecule has 0 aromatic rings. The second kappa shape index (κ2) is 7.76. The lowest BCUT2D eigenvalue weighted by molar-refractivity contribution is -0.127. The molecule has 5 nitrogen and oxygen atoms in total. The van der Waals surface area contributed by atoms with Crippen molar-refractivity contribution in [3.05, 3.63) is 0 Å². The predicted octanol–water partition coefficient (Wildman–Crippen LogP) is -0.507. The zero-order valence-corrected chi connectivity index (χ0v) is 10.8. The lowest BCUT2D eigenvalue weighted by Gasteiger charge is -2.23. The van der Waals surface area contributed by atoms with Crippen molar-refractivity contribution in [1.82, 2.24) is 10.6 Å². The van der Waals surface area contributed by atoms with E-state index in [9.17, 15) is 9.59 Å². The van der Waals surface area contributed by atoms with Crippen LogP contribution in [0, 0.1) is 0 Å². The van der Waals surface area contributed by atoms with Crippen molar-refractivity contribution in [1.29, 1.82) is 0 Å². The van der Waals surface area contributed by atoms with Crippen LogP contribution in [0.15, 0.2) is 0 Å². The van der Waals surface area contributed by atoms with E-state index in [0.717, 1.165) is 18.1 Å². The van der Waals surface area contributed by atoms with Crippen LogP contribution >= 0.6 is 24.2 Å². The van der Waals surface area contributed by atoms with Crippen LogP contribution in [-0.2, 0) is 9.59 Å². The highest BCUT2D eigenvalue weighted by Gasteiger charge is 2.18. The summed E-state index contributed by atoms with van der Waals surface area (Å²) in [5.74, 6) is 1.41. The van der Waals surface area contributed by atoms with Gasteiger partial charge in [-0.25, -0.2) is 0 Å². The standard InChI is InChI=1S/C9H17N3O2S.ClH/c1-6(9(10)14)12-8(13)4-7-5-15-3-2-11-7;/h6-7,11H,2-5H2,1H3,(H2,10,14)(H,12,13);1H/t6-,7?;/m0./s1. The molecule has 1 aliphatic rings. The van der Waals surface area contributed by atoms with Crippen molar-refractivity contribution in [2.24, 2.45) is 5.73 Å². The Morgan fingerprint density at radius 3 is 2.81 bits per heavy atom. The van der Waals surface area contributed by atoms with Gasteiger partial charge in [-0.15, -0.1) is 12.4 Å². The predicted molar refractivity (Wildman–Crippen MR) is 67.8 cm³/mol. The normalized spacial score (nSPS) is 21.7. The molecular formula is C9H18ClN3O2S. The average molecular weight is 268 g/mol. The summed E-state index contributed by atoms with van der Waals surface area (Å²) in [6.07, 6.45) is 0.407. The molecule has 0 aliphatic carbocycles. The van der Waals surface area contributed by atoms with Crippen LogP contribution in [0.4, 0.5) is 0 Å². The highest BCUT2D eigenvalue weighted by molar-refractivity contribution is 7.99. The summed E-state index contributed by atoms with van der Waals surface area (Å²) in [7, 11) is 0. The van der Waals surface area contributed by atoms with Gasteiger partial charge in [0.15, 0.2) is 0 Å². The first-order valence-electron chi connectivity index (χ1n) is 4.99. The number of nitrogens with two attached hydrogens (primary N) is 1. The van der Waals surface area contributed by atoms with E-state index in [4.69, 9.17) is 5.73 Å². The van der Waals surface area contributed by atoms with Crippen molar-refractivity contribution in [3.8, 4) is 0 Å². The summed E-state index contributed by atoms with van der Waals surface area (Å²) in [5, 5.41) is 5.82. The van der Waals surface area contributed by atoms with E-state index in [1.165, 1.54) is 0 Å². The molecule has 1 rings (SSSR count). The van der Waals surface area contributed by atoms with E-state index in [2.05, 4.69) is 10.6 Å². The van der Waals surface area contributed by atoms with Crippen LogP contribution in [0.25, 0.3) is 0 Å². The summed E-state index contributed by atoms with van der Waals surface area (Å²) in [6.45, 7) is 2.53. The molecule has 16 heavy (non-hydrogen) atoms. The smallest absolute Gasteiger partial charge is 0.239 e. The molecule has 1 saturated heterocycles. The van der Waals surface area contributed by atoms with E-state index in [1.807, 2.05) is 11.8 Å². The third-order valence-electron chi connectivity index (χ3n) is 2.23. The van der Waals surface area contributed by atoms with E-state index < -0.39 is 11.9 Å². The molecule has 0 aromatic carbocycles. The van der Waals surface area contributed by atoms with Gasteiger partial charge in [0.2, 0.25) is 11.8 Å². The Balaban J connectivity index is 0.00000225. The number of hydrogen-bond donors (Lipinski definition) is 3. The summed E-state index contributed by atoms with van der Waals surface area (Å²) in [5.41, 5.74) is 5.04. The summed E-state index contributed by atoms with van der Waals surface area (Å²) < 4.78 is 0. The van der Waals surface area contributed by atoms with Crippen molar-refractivity contribution in [2.75, 3.05) is 18.1 Å². The molecule has 2 amide bonds. The fraction of sp³-hybridized carbons (Fsp3) is 0.778. The van der Waals surface area contributed by atoms with E-state index in [-0.39, 0.29) is 24.4 Å². The van der Waals surface area contributed by atoms with Gasteiger partial charge in [-0.1, -0.05) is 0 Å². The SMILES string of the molecule is C[C@H](NC(=O)CC1CSCCN1)C(N)=O.Cl. The number of halogens is 1. The van der Waals surface area contributed by atoms with Crippen molar-refractivity contribution in [2.45, 2.75) is 25.4 Å². The van der Waals surface area contributed by atoms with Crippen molar-refractivity contribution in [3.63, 3.8) is 0 Å². The van der Waals surface area contributed by atoms with E-state index in [0.29, 0.717) is 6.42 Å². The number of thioether (sulfide) groups is 1. The lowest BCUT2D eigenvalue weighted by Crippen LogP contribution is -2.46. The lowest BCUT2D eigenvalue weighted by atomic mass is 10.2. The molecule has 4 N–H and O–H groups in total. The molecule has 1 aliphatic heterocycles. The molecule has 2 atom stereocenters. The Hall–Kier alpha value is -0.460. The minimum absolute atomic E-state index is 0. The number of carbonyl (C=O) groups is 2. The van der Waals surface area contributed by atoms with Gasteiger partial charge in [-0.2, -0.15) is 11.8 Å². The zero-order chi connectivity index (χ0) is 11.3. The number of hydrogen-bond acceptors (Lipinski definition) is 4. The molecule has 1 heterocycles. The van der Waals surface area contributed by atoms with Gasteiger partial charge in [0.05, 0.1) is 0 Å². The molecule has 1 fully saturated rings. The van der Waals surface area contributed by atoms with E-state index in [1.54, 1.807) is 6.92 Å². The number of primary amides is 1. The largest absolute Gasteiger partial charge is 0.368 e. The Bertz CT molecular complexity index is 247. The van der Waals surface area contributed by atoms with Crippen LogP contribution in [0.1, 0.15) is 13.3 Å². The number of carbonyl (C=O) groups excluding carboxylic acids is 2. The molecule has 0 saturated carbocycles. The molecule has 0 aromatic heterocycles. The van der Waals surface area contributed by atoms with Gasteiger partial charge in [-0.3, -0.25) is 9.59 Å². The van der Waals surface area contributed by atoms with Crippen LogP contribution in [-0.4, -0.2) is 41.9 Å². The van der Waals surface area contributed by atoms with Gasteiger partial charge in [0.1, 0.15) is 6.04 Å². The van der Waals surface area contributed by atoms with Gasteiger partial charge in [-0.05, 0) is 6.92 Å². The minimum atomic E-state index is -0.589. The third-order valence-corrected chi connectivity index (χ3v) is 3.37. The first-order valence-corrected chi connectivity index (χ1v) is 6.15. The van der Waals surface area contributed by atoms with Crippen molar-refractivity contribution < 1.29 is 9.59 Å². The van der Waals surface area contributed by atoms with Gasteiger partial charge in [0, 0.05) is 30.5 Å². The van der Waals surface area contributed by atoms with Crippen LogP contribution in [0.2, 0.25) is 0 Å². The maximum absolute atomic E-state index is 11.5. The molecule has 0 radical (unpaired) electrons. The van der Waals surface area contributed by atoms with Gasteiger partial charge in [0.25, 0.3) is 0 Å². The highest BCUT2D eigenvalue weighted by Crippen LogP contribution is 2.09. The fourth-order valence-corrected chi connectivity index (χ4v) is 2.30. The summed E-state index contributed by atoms with van der Waals surface area (Å²) in [4.78, 5) is 22.2. The summed E-state index contributed by atoms with van der Waals surface area (Å²) >= 11 is 1.84. The zero-order valence-electron chi connectivity index (χ0n) is 9.19. The number of nitrogens with one attached hydrogen (secondary N) is 2. The average Bonchev–Trinajstić information content (AvgIpc) is 2.18. The molecule has 0 bridgehead atoms. The van der Waals surface area contributed by atoms with Crippen LogP contribution < -0.4 is 16.4 Å². The third kappa shape index (κ3) is 5.58. The molecule has 7 heteroatoms. The Labute approximate surface area is 106 Å². The summed E-state index contributed by atoms with van der Waals surface area (Å²) in [6, 6.07) is -0.377. The highest BCUT2D eigenvalue weighted by atomic mass is 35.5. The topological polar surface area (TPSA) is 84.2 Å². The van der Waals surface area contributed by atoms with Crippen LogP contribution in [0.5, 0.6) is 0 Å². The number of amides is 2. The Kier molecular flexibility index (Phi) is 7.53. The van der Waals surface area contributed by atoms with Gasteiger partial charge >= 0.3 is 0 Å². The first-order chi connectivity index (χ1) is 7.09. The quantitative estimate of drug-likeness (QED) is 0.641. The Morgan fingerprint density at radius 1 is 1.62 bits per heavy atom. The minimum Gasteiger partial charge on any atom is -0.368 e. The fourth-order valence-electron chi connectivity index (χ4n) is 1.35. The molecule has 0 spiro atoms. The maximum atomic E-state index is 11.5. The molecular weight excluding hydrogens is 250 g/mol. The Morgan fingerprint density at radius 2 is 2.31 bits per heavy atom. The second-order valence-electron chi connectivity index (χ2n) is 3.62. The number of rotatable bonds is 4. The molecule has 94 valence electrons.